The average molecular weight is 305 g/mol. The summed E-state index contributed by atoms with van der Waals surface area (Å²) in [6, 6.07) is 14.0. The van der Waals surface area contributed by atoms with E-state index in [2.05, 4.69) is 17.9 Å². The lowest BCUT2D eigenvalue weighted by Crippen LogP contribution is -2.21. The fourth-order valence-electron chi connectivity index (χ4n) is 2.24. The van der Waals surface area contributed by atoms with Crippen molar-refractivity contribution in [1.82, 2.24) is 0 Å². The molecule has 2 N–H and O–H groups in total. The SMILES string of the molecule is CCOc1cc(N(C)C(C)c2cccc(Cl)c2)ccc1N. The summed E-state index contributed by atoms with van der Waals surface area (Å²) in [5.74, 6) is 0.722. The first-order valence-corrected chi connectivity index (χ1v) is 7.41. The molecule has 0 saturated heterocycles. The number of nitrogens with two attached hydrogens (primary N) is 1. The minimum atomic E-state index is 0.196. The summed E-state index contributed by atoms with van der Waals surface area (Å²) < 4.78 is 5.56. The molecule has 1 unspecified atom stereocenters. The number of benzene rings is 2. The van der Waals surface area contributed by atoms with Gasteiger partial charge in [-0.3, -0.25) is 0 Å². The molecule has 0 aliphatic heterocycles. The quantitative estimate of drug-likeness (QED) is 0.825. The van der Waals surface area contributed by atoms with Gasteiger partial charge in [0.25, 0.3) is 0 Å². The maximum Gasteiger partial charge on any atom is 0.144 e. The van der Waals surface area contributed by atoms with Crippen LogP contribution in [0.15, 0.2) is 42.5 Å². The highest BCUT2D eigenvalue weighted by Crippen LogP contribution is 2.32. The maximum absolute atomic E-state index is 6.07. The first-order chi connectivity index (χ1) is 10.0. The lowest BCUT2D eigenvalue weighted by molar-refractivity contribution is 0.342. The summed E-state index contributed by atoms with van der Waals surface area (Å²) in [5, 5.41) is 0.750. The zero-order valence-corrected chi connectivity index (χ0v) is 13.4. The minimum absolute atomic E-state index is 0.196. The highest BCUT2D eigenvalue weighted by Gasteiger charge is 2.14. The molecule has 0 aliphatic carbocycles. The third-order valence-electron chi connectivity index (χ3n) is 3.62. The first-order valence-electron chi connectivity index (χ1n) is 7.03. The monoisotopic (exact) mass is 304 g/mol. The van der Waals surface area contributed by atoms with Gasteiger partial charge in [-0.15, -0.1) is 0 Å². The van der Waals surface area contributed by atoms with E-state index >= 15 is 0 Å². The Kier molecular flexibility index (Phi) is 4.97. The molecule has 0 heterocycles. The van der Waals surface area contributed by atoms with Crippen molar-refractivity contribution in [3.8, 4) is 5.75 Å². The lowest BCUT2D eigenvalue weighted by atomic mass is 10.1. The van der Waals surface area contributed by atoms with Crippen molar-refractivity contribution < 1.29 is 4.74 Å². The molecule has 0 aromatic heterocycles. The number of ether oxygens (including phenoxy) is 1. The van der Waals surface area contributed by atoms with Crippen LogP contribution in [0, 0.1) is 0 Å². The zero-order valence-electron chi connectivity index (χ0n) is 12.6. The second-order valence-electron chi connectivity index (χ2n) is 5.00. The lowest BCUT2D eigenvalue weighted by Gasteiger charge is -2.28. The topological polar surface area (TPSA) is 38.5 Å². The molecule has 2 rings (SSSR count). The van der Waals surface area contributed by atoms with Gasteiger partial charge in [-0.2, -0.15) is 0 Å². The number of hydrogen-bond donors (Lipinski definition) is 1. The van der Waals surface area contributed by atoms with Crippen molar-refractivity contribution >= 4 is 23.0 Å². The van der Waals surface area contributed by atoms with E-state index < -0.39 is 0 Å². The Balaban J connectivity index is 2.26. The van der Waals surface area contributed by atoms with Crippen LogP contribution in [-0.2, 0) is 0 Å². The number of hydrogen-bond acceptors (Lipinski definition) is 3. The Labute approximate surface area is 131 Å². The summed E-state index contributed by atoms with van der Waals surface area (Å²) in [7, 11) is 2.05. The summed E-state index contributed by atoms with van der Waals surface area (Å²) in [6.45, 7) is 4.69. The molecule has 112 valence electrons. The Morgan fingerprint density at radius 3 is 2.67 bits per heavy atom. The van der Waals surface area contributed by atoms with E-state index in [0.29, 0.717) is 12.3 Å². The highest BCUT2D eigenvalue weighted by atomic mass is 35.5. The van der Waals surface area contributed by atoms with Gasteiger partial charge < -0.3 is 15.4 Å². The normalized spacial score (nSPS) is 12.0. The van der Waals surface area contributed by atoms with E-state index in [1.165, 1.54) is 5.56 Å². The van der Waals surface area contributed by atoms with Crippen LogP contribution in [0.5, 0.6) is 5.75 Å². The third kappa shape index (κ3) is 3.61. The van der Waals surface area contributed by atoms with E-state index in [-0.39, 0.29) is 6.04 Å². The Morgan fingerprint density at radius 1 is 1.24 bits per heavy atom. The second-order valence-corrected chi connectivity index (χ2v) is 5.43. The van der Waals surface area contributed by atoms with Crippen LogP contribution in [0.25, 0.3) is 0 Å². The van der Waals surface area contributed by atoms with Crippen molar-refractivity contribution in [2.45, 2.75) is 19.9 Å². The van der Waals surface area contributed by atoms with Gasteiger partial charge in [0.1, 0.15) is 5.75 Å². The van der Waals surface area contributed by atoms with Crippen LogP contribution in [0.1, 0.15) is 25.5 Å². The van der Waals surface area contributed by atoms with E-state index in [9.17, 15) is 0 Å². The number of nitrogen functional groups attached to an aromatic ring is 1. The molecule has 0 radical (unpaired) electrons. The molecule has 2 aromatic carbocycles. The van der Waals surface area contributed by atoms with Crippen LogP contribution in [-0.4, -0.2) is 13.7 Å². The fraction of sp³-hybridized carbons (Fsp3) is 0.294. The molecular formula is C17H21ClN2O. The van der Waals surface area contributed by atoms with Crippen molar-refractivity contribution in [1.29, 1.82) is 0 Å². The van der Waals surface area contributed by atoms with E-state index in [0.717, 1.165) is 16.5 Å². The Bertz CT molecular complexity index is 615. The minimum Gasteiger partial charge on any atom is -0.492 e. The summed E-state index contributed by atoms with van der Waals surface area (Å²) in [5.41, 5.74) is 8.80. The van der Waals surface area contributed by atoms with E-state index in [1.54, 1.807) is 0 Å². The molecule has 2 aromatic rings. The number of nitrogens with zero attached hydrogens (tertiary/aromatic N) is 1. The Morgan fingerprint density at radius 2 is 2.00 bits per heavy atom. The van der Waals surface area contributed by atoms with Gasteiger partial charge in [0.15, 0.2) is 0 Å². The number of rotatable bonds is 5. The number of anilines is 2. The van der Waals surface area contributed by atoms with Crippen molar-refractivity contribution in [2.75, 3.05) is 24.3 Å². The molecule has 0 saturated carbocycles. The molecule has 0 amide bonds. The van der Waals surface area contributed by atoms with Gasteiger partial charge >= 0.3 is 0 Å². The summed E-state index contributed by atoms with van der Waals surface area (Å²) >= 11 is 6.07. The van der Waals surface area contributed by atoms with Crippen molar-refractivity contribution in [2.24, 2.45) is 0 Å². The fourth-order valence-corrected chi connectivity index (χ4v) is 2.44. The predicted octanol–water partition coefficient (Wildman–Crippen LogP) is 4.52. The third-order valence-corrected chi connectivity index (χ3v) is 3.85. The van der Waals surface area contributed by atoms with E-state index in [4.69, 9.17) is 22.1 Å². The second kappa shape index (κ2) is 6.72. The van der Waals surface area contributed by atoms with Gasteiger partial charge in [-0.25, -0.2) is 0 Å². The molecule has 3 nitrogen and oxygen atoms in total. The first kappa shape index (κ1) is 15.5. The molecule has 0 bridgehead atoms. The zero-order chi connectivity index (χ0) is 15.4. The molecule has 21 heavy (non-hydrogen) atoms. The highest BCUT2D eigenvalue weighted by molar-refractivity contribution is 6.30. The average Bonchev–Trinajstić information content (AvgIpc) is 2.48. The standard InChI is InChI=1S/C17H21ClN2O/c1-4-21-17-11-15(8-9-16(17)19)20(3)12(2)13-6-5-7-14(18)10-13/h5-12H,4,19H2,1-3H3. The predicted molar refractivity (Wildman–Crippen MR) is 90.3 cm³/mol. The Hall–Kier alpha value is -1.87. The summed E-state index contributed by atoms with van der Waals surface area (Å²) in [6.07, 6.45) is 0. The number of halogens is 1. The van der Waals surface area contributed by atoms with Gasteiger partial charge in [-0.05, 0) is 43.7 Å². The van der Waals surface area contributed by atoms with Gasteiger partial charge in [0.05, 0.1) is 18.3 Å². The van der Waals surface area contributed by atoms with Crippen LogP contribution in [0.2, 0.25) is 5.02 Å². The largest absolute Gasteiger partial charge is 0.492 e. The van der Waals surface area contributed by atoms with Gasteiger partial charge in [0, 0.05) is 23.8 Å². The van der Waals surface area contributed by atoms with Crippen molar-refractivity contribution in [3.05, 3.63) is 53.1 Å². The molecule has 0 spiro atoms. The molecule has 0 fully saturated rings. The molecule has 0 aliphatic rings. The summed E-state index contributed by atoms with van der Waals surface area (Å²) in [4.78, 5) is 2.17. The van der Waals surface area contributed by atoms with Crippen LogP contribution in [0.4, 0.5) is 11.4 Å². The van der Waals surface area contributed by atoms with Gasteiger partial charge in [0.2, 0.25) is 0 Å². The van der Waals surface area contributed by atoms with Crippen LogP contribution >= 0.6 is 11.6 Å². The van der Waals surface area contributed by atoms with Crippen LogP contribution < -0.4 is 15.4 Å². The molecule has 4 heteroatoms. The van der Waals surface area contributed by atoms with Crippen molar-refractivity contribution in [3.63, 3.8) is 0 Å². The molecular weight excluding hydrogens is 284 g/mol. The van der Waals surface area contributed by atoms with Crippen LogP contribution in [0.3, 0.4) is 0 Å². The maximum atomic E-state index is 6.07. The van der Waals surface area contributed by atoms with E-state index in [1.807, 2.05) is 50.4 Å². The molecule has 1 atom stereocenters. The van der Waals surface area contributed by atoms with Gasteiger partial charge in [-0.1, -0.05) is 23.7 Å². The smallest absolute Gasteiger partial charge is 0.144 e.